The van der Waals surface area contributed by atoms with Gasteiger partial charge in [-0.05, 0) is 38.6 Å². The van der Waals surface area contributed by atoms with E-state index in [4.69, 9.17) is 9.47 Å². The smallest absolute Gasteiger partial charge is 0.0616 e. The van der Waals surface area contributed by atoms with Crippen LogP contribution in [0.15, 0.2) is 0 Å². The van der Waals surface area contributed by atoms with Crippen molar-refractivity contribution < 1.29 is 9.47 Å². The Bertz CT molecular complexity index is 208. The van der Waals surface area contributed by atoms with Crippen molar-refractivity contribution in [1.29, 1.82) is 0 Å². The summed E-state index contributed by atoms with van der Waals surface area (Å²) in [6, 6.07) is 0. The summed E-state index contributed by atoms with van der Waals surface area (Å²) in [6.45, 7) is 10.7. The van der Waals surface area contributed by atoms with Crippen molar-refractivity contribution in [3.8, 4) is 0 Å². The maximum atomic E-state index is 5.78. The number of nitrogens with one attached hydrogen (secondary N) is 1. The van der Waals surface area contributed by atoms with E-state index in [0.717, 1.165) is 32.7 Å². The van der Waals surface area contributed by atoms with E-state index in [2.05, 4.69) is 26.1 Å². The molecule has 2 unspecified atom stereocenters. The highest BCUT2D eigenvalue weighted by Gasteiger charge is 2.40. The van der Waals surface area contributed by atoms with Crippen LogP contribution < -0.4 is 5.32 Å². The quantitative estimate of drug-likeness (QED) is 0.664. The van der Waals surface area contributed by atoms with E-state index in [1.807, 2.05) is 0 Å². The topological polar surface area (TPSA) is 30.5 Å². The fourth-order valence-corrected chi connectivity index (χ4v) is 2.65. The molecule has 1 rings (SSSR count). The summed E-state index contributed by atoms with van der Waals surface area (Å²) in [6.07, 6.45) is 3.89. The number of ether oxygens (including phenoxy) is 2. The van der Waals surface area contributed by atoms with Gasteiger partial charge in [-0.25, -0.2) is 0 Å². The second kappa shape index (κ2) is 7.34. The third kappa shape index (κ3) is 4.57. The predicted octanol–water partition coefficient (Wildman–Crippen LogP) is 2.45. The Morgan fingerprint density at radius 1 is 1.47 bits per heavy atom. The highest BCUT2D eigenvalue weighted by atomic mass is 16.5. The van der Waals surface area contributed by atoms with E-state index in [1.54, 1.807) is 7.11 Å². The lowest BCUT2D eigenvalue weighted by atomic mass is 9.77. The molecule has 0 bridgehead atoms. The van der Waals surface area contributed by atoms with E-state index in [9.17, 15) is 0 Å². The summed E-state index contributed by atoms with van der Waals surface area (Å²) in [7, 11) is 1.78. The Morgan fingerprint density at radius 2 is 2.24 bits per heavy atom. The number of rotatable bonds is 8. The van der Waals surface area contributed by atoms with Gasteiger partial charge in [0.15, 0.2) is 0 Å². The predicted molar refractivity (Wildman–Crippen MR) is 71.3 cm³/mol. The number of hydrogen-bond donors (Lipinski definition) is 1. The van der Waals surface area contributed by atoms with Gasteiger partial charge in [-0.3, -0.25) is 0 Å². The van der Waals surface area contributed by atoms with Crippen molar-refractivity contribution in [2.75, 3.05) is 33.4 Å². The van der Waals surface area contributed by atoms with Crippen LogP contribution in [-0.4, -0.2) is 39.5 Å². The molecule has 0 saturated carbocycles. The minimum absolute atomic E-state index is 0.327. The van der Waals surface area contributed by atoms with Crippen molar-refractivity contribution in [3.05, 3.63) is 0 Å². The Hall–Kier alpha value is -0.120. The van der Waals surface area contributed by atoms with Crippen molar-refractivity contribution in [2.24, 2.45) is 11.3 Å². The zero-order valence-corrected chi connectivity index (χ0v) is 11.9. The Labute approximate surface area is 106 Å². The van der Waals surface area contributed by atoms with Crippen molar-refractivity contribution in [3.63, 3.8) is 0 Å². The van der Waals surface area contributed by atoms with E-state index in [1.165, 1.54) is 12.8 Å². The van der Waals surface area contributed by atoms with Gasteiger partial charge >= 0.3 is 0 Å². The molecule has 0 radical (unpaired) electrons. The molecule has 1 N–H and O–H groups in total. The summed E-state index contributed by atoms with van der Waals surface area (Å²) in [4.78, 5) is 0. The molecule has 3 nitrogen and oxygen atoms in total. The molecule has 0 aromatic heterocycles. The van der Waals surface area contributed by atoms with Crippen molar-refractivity contribution in [2.45, 2.75) is 46.1 Å². The molecular weight excluding hydrogens is 214 g/mol. The molecule has 17 heavy (non-hydrogen) atoms. The van der Waals surface area contributed by atoms with Gasteiger partial charge in [-0.2, -0.15) is 0 Å². The van der Waals surface area contributed by atoms with Crippen molar-refractivity contribution in [1.82, 2.24) is 5.32 Å². The molecule has 0 aromatic carbocycles. The van der Waals surface area contributed by atoms with E-state index >= 15 is 0 Å². The van der Waals surface area contributed by atoms with Crippen LogP contribution >= 0.6 is 0 Å². The fraction of sp³-hybridized carbons (Fsp3) is 1.00. The Kier molecular flexibility index (Phi) is 6.45. The fourth-order valence-electron chi connectivity index (χ4n) is 2.65. The van der Waals surface area contributed by atoms with Crippen LogP contribution in [0.1, 0.15) is 40.0 Å². The van der Waals surface area contributed by atoms with Crippen LogP contribution in [0, 0.1) is 11.3 Å². The summed E-state index contributed by atoms with van der Waals surface area (Å²) in [5, 5.41) is 3.60. The van der Waals surface area contributed by atoms with Crippen LogP contribution in [-0.2, 0) is 9.47 Å². The average Bonchev–Trinajstić information content (AvgIpc) is 2.61. The van der Waals surface area contributed by atoms with Gasteiger partial charge in [-0.15, -0.1) is 0 Å². The molecule has 0 aromatic rings. The first kappa shape index (κ1) is 14.9. The highest BCUT2D eigenvalue weighted by molar-refractivity contribution is 4.91. The van der Waals surface area contributed by atoms with E-state index in [-0.39, 0.29) is 0 Å². The number of hydrogen-bond acceptors (Lipinski definition) is 3. The maximum absolute atomic E-state index is 5.78. The minimum atomic E-state index is 0.327. The zero-order chi connectivity index (χ0) is 12.7. The van der Waals surface area contributed by atoms with Crippen LogP contribution in [0.25, 0.3) is 0 Å². The van der Waals surface area contributed by atoms with Crippen molar-refractivity contribution >= 4 is 0 Å². The van der Waals surface area contributed by atoms with Gasteiger partial charge in [0.1, 0.15) is 0 Å². The normalized spacial score (nSPS) is 29.1. The molecule has 2 atom stereocenters. The van der Waals surface area contributed by atoms with Crippen LogP contribution in [0.4, 0.5) is 0 Å². The first-order valence-corrected chi connectivity index (χ1v) is 6.92. The molecule has 0 spiro atoms. The lowest BCUT2D eigenvalue weighted by Gasteiger charge is -2.33. The van der Waals surface area contributed by atoms with Crippen LogP contribution in [0.5, 0.6) is 0 Å². The molecule has 102 valence electrons. The Balaban J connectivity index is 2.41. The molecule has 1 saturated heterocycles. The number of methoxy groups -OCH3 is 1. The molecule has 1 fully saturated rings. The van der Waals surface area contributed by atoms with Gasteiger partial charge in [0, 0.05) is 32.3 Å². The summed E-state index contributed by atoms with van der Waals surface area (Å²) >= 11 is 0. The van der Waals surface area contributed by atoms with Crippen LogP contribution in [0.2, 0.25) is 0 Å². The van der Waals surface area contributed by atoms with E-state index in [0.29, 0.717) is 17.4 Å². The van der Waals surface area contributed by atoms with Gasteiger partial charge in [0.2, 0.25) is 0 Å². The average molecular weight is 243 g/mol. The maximum Gasteiger partial charge on any atom is 0.0616 e. The Morgan fingerprint density at radius 3 is 2.76 bits per heavy atom. The molecule has 0 amide bonds. The monoisotopic (exact) mass is 243 g/mol. The highest BCUT2D eigenvalue weighted by Crippen LogP contribution is 2.38. The summed E-state index contributed by atoms with van der Waals surface area (Å²) in [5.41, 5.74) is 0.327. The molecule has 3 heteroatoms. The first-order valence-electron chi connectivity index (χ1n) is 6.92. The minimum Gasteiger partial charge on any atom is -0.385 e. The van der Waals surface area contributed by atoms with Gasteiger partial charge in [0.25, 0.3) is 0 Å². The summed E-state index contributed by atoms with van der Waals surface area (Å²) in [5.74, 6) is 0.712. The molecule has 1 aliphatic rings. The molecular formula is C14H29NO2. The lowest BCUT2D eigenvalue weighted by molar-refractivity contribution is 0.0523. The molecule has 1 aliphatic heterocycles. The van der Waals surface area contributed by atoms with Gasteiger partial charge < -0.3 is 14.8 Å². The molecule has 0 aliphatic carbocycles. The van der Waals surface area contributed by atoms with Gasteiger partial charge in [-0.1, -0.05) is 13.8 Å². The van der Waals surface area contributed by atoms with Gasteiger partial charge in [0.05, 0.1) is 6.10 Å². The third-order valence-electron chi connectivity index (χ3n) is 3.88. The van der Waals surface area contributed by atoms with Crippen LogP contribution in [0.3, 0.4) is 0 Å². The third-order valence-corrected chi connectivity index (χ3v) is 3.88. The summed E-state index contributed by atoms with van der Waals surface area (Å²) < 4.78 is 10.9. The SMILES string of the molecule is COCCCC1(CNCC(C)C)CCOC1C. The largest absolute Gasteiger partial charge is 0.385 e. The van der Waals surface area contributed by atoms with E-state index < -0.39 is 0 Å². The second-order valence-electron chi connectivity index (χ2n) is 5.75. The second-order valence-corrected chi connectivity index (χ2v) is 5.75. The standard InChI is InChI=1S/C14H29NO2/c1-12(2)10-15-11-14(6-5-8-16-4)7-9-17-13(14)3/h12-13,15H,5-11H2,1-4H3. The molecule has 1 heterocycles. The lowest BCUT2D eigenvalue weighted by Crippen LogP contribution is -2.40. The first-order chi connectivity index (χ1) is 8.10. The zero-order valence-electron chi connectivity index (χ0n) is 11.9.